The molecule has 1 rings (SSSR count). The van der Waals surface area contributed by atoms with Crippen molar-refractivity contribution in [2.75, 3.05) is 18.4 Å². The van der Waals surface area contributed by atoms with Gasteiger partial charge in [0.1, 0.15) is 0 Å². The van der Waals surface area contributed by atoms with Gasteiger partial charge in [0.15, 0.2) is 0 Å². The summed E-state index contributed by atoms with van der Waals surface area (Å²) < 4.78 is 26.7. The second kappa shape index (κ2) is 7.56. The molecule has 0 aliphatic heterocycles. The van der Waals surface area contributed by atoms with E-state index in [1.165, 1.54) is 19.9 Å². The van der Waals surface area contributed by atoms with Crippen molar-refractivity contribution < 1.29 is 23.1 Å². The fourth-order valence-corrected chi connectivity index (χ4v) is 3.87. The molecule has 0 radical (unpaired) electrons. The van der Waals surface area contributed by atoms with Crippen LogP contribution in [0.2, 0.25) is 0 Å². The second-order valence-corrected chi connectivity index (χ2v) is 7.26. The number of hydrogen-bond acceptors (Lipinski definition) is 4. The predicted molar refractivity (Wildman–Crippen MR) is 86.7 cm³/mol. The number of hydrogen-bond donors (Lipinski definition) is 2. The lowest BCUT2D eigenvalue weighted by molar-refractivity contribution is -0.141. The molecule has 0 fully saturated rings. The van der Waals surface area contributed by atoms with E-state index in [1.54, 1.807) is 26.0 Å². The van der Waals surface area contributed by atoms with Crippen LogP contribution >= 0.6 is 0 Å². The number of rotatable bonds is 7. The molecule has 0 saturated carbocycles. The summed E-state index contributed by atoms with van der Waals surface area (Å²) in [7, 11) is -3.85. The minimum Gasteiger partial charge on any atom is -0.481 e. The van der Waals surface area contributed by atoms with Crippen LogP contribution < -0.4 is 5.32 Å². The smallest absolute Gasteiger partial charge is 0.307 e. The zero-order valence-corrected chi connectivity index (χ0v) is 14.5. The average molecular weight is 342 g/mol. The Kier molecular flexibility index (Phi) is 6.28. The fourth-order valence-electron chi connectivity index (χ4n) is 2.08. The quantitative estimate of drug-likeness (QED) is 0.784. The van der Waals surface area contributed by atoms with Crippen molar-refractivity contribution in [1.82, 2.24) is 4.31 Å². The van der Waals surface area contributed by atoms with Gasteiger partial charge in [0, 0.05) is 25.7 Å². The number of aliphatic carboxylic acids is 1. The van der Waals surface area contributed by atoms with Crippen molar-refractivity contribution >= 4 is 27.6 Å². The molecule has 128 valence electrons. The third kappa shape index (κ3) is 4.77. The number of carboxylic acid groups (broad SMARTS) is 1. The molecule has 0 bridgehead atoms. The standard InChI is InChI=1S/C15H22N2O5S/c1-5-17(9-11(3)15(19)20)23(21,22)14-8-13(16-12(4)18)7-6-10(14)2/h6-8,11H,5,9H2,1-4H3,(H,16,18)(H,19,20). The summed E-state index contributed by atoms with van der Waals surface area (Å²) in [5.41, 5.74) is 0.907. The van der Waals surface area contributed by atoms with Crippen LogP contribution in [0.15, 0.2) is 23.1 Å². The van der Waals surface area contributed by atoms with E-state index < -0.39 is 21.9 Å². The molecule has 0 saturated heterocycles. The van der Waals surface area contributed by atoms with Crippen molar-refractivity contribution in [1.29, 1.82) is 0 Å². The topological polar surface area (TPSA) is 104 Å². The monoisotopic (exact) mass is 342 g/mol. The molecule has 1 aromatic carbocycles. The van der Waals surface area contributed by atoms with Crippen LogP contribution in [0.4, 0.5) is 5.69 Å². The van der Waals surface area contributed by atoms with Gasteiger partial charge in [-0.25, -0.2) is 8.42 Å². The van der Waals surface area contributed by atoms with E-state index in [0.29, 0.717) is 11.3 Å². The highest BCUT2D eigenvalue weighted by Gasteiger charge is 2.28. The van der Waals surface area contributed by atoms with Crippen LogP contribution in [0, 0.1) is 12.8 Å². The maximum Gasteiger partial charge on any atom is 0.307 e. The Morgan fingerprint density at radius 1 is 1.35 bits per heavy atom. The molecule has 0 aliphatic rings. The Morgan fingerprint density at radius 2 is 1.96 bits per heavy atom. The normalized spacial score (nSPS) is 12.9. The molecule has 7 nitrogen and oxygen atoms in total. The maximum absolute atomic E-state index is 12.8. The molecule has 1 aromatic rings. The summed E-state index contributed by atoms with van der Waals surface area (Å²) in [6.07, 6.45) is 0. The van der Waals surface area contributed by atoms with Gasteiger partial charge in [0.2, 0.25) is 15.9 Å². The van der Waals surface area contributed by atoms with Crippen molar-refractivity contribution in [2.24, 2.45) is 5.92 Å². The summed E-state index contributed by atoms with van der Waals surface area (Å²) in [5, 5.41) is 11.5. The third-order valence-electron chi connectivity index (χ3n) is 3.38. The molecule has 8 heteroatoms. The molecule has 0 aliphatic carbocycles. The Morgan fingerprint density at radius 3 is 2.43 bits per heavy atom. The van der Waals surface area contributed by atoms with Gasteiger partial charge in [-0.05, 0) is 24.6 Å². The number of anilines is 1. The highest BCUT2D eigenvalue weighted by molar-refractivity contribution is 7.89. The van der Waals surface area contributed by atoms with Gasteiger partial charge in [0.25, 0.3) is 0 Å². The van der Waals surface area contributed by atoms with E-state index >= 15 is 0 Å². The Hall–Kier alpha value is -1.93. The molecule has 1 amide bonds. The van der Waals surface area contributed by atoms with Gasteiger partial charge in [-0.15, -0.1) is 0 Å². The third-order valence-corrected chi connectivity index (χ3v) is 5.46. The minimum atomic E-state index is -3.85. The predicted octanol–water partition coefficient (Wildman–Crippen LogP) is 1.68. The first-order chi connectivity index (χ1) is 10.6. The largest absolute Gasteiger partial charge is 0.481 e. The van der Waals surface area contributed by atoms with Crippen molar-refractivity contribution in [2.45, 2.75) is 32.6 Å². The summed E-state index contributed by atoms with van der Waals surface area (Å²) in [5.74, 6) is -2.17. The van der Waals surface area contributed by atoms with E-state index in [1.807, 2.05) is 0 Å². The van der Waals surface area contributed by atoms with Crippen LogP contribution in [0.25, 0.3) is 0 Å². The van der Waals surface area contributed by atoms with Crippen molar-refractivity contribution in [3.8, 4) is 0 Å². The first-order valence-electron chi connectivity index (χ1n) is 7.20. The van der Waals surface area contributed by atoms with Gasteiger partial charge < -0.3 is 10.4 Å². The highest BCUT2D eigenvalue weighted by Crippen LogP contribution is 2.24. The van der Waals surface area contributed by atoms with Crippen LogP contribution in [-0.4, -0.2) is 42.8 Å². The number of aryl methyl sites for hydroxylation is 1. The summed E-state index contributed by atoms with van der Waals surface area (Å²) in [4.78, 5) is 22.2. The van der Waals surface area contributed by atoms with Gasteiger partial charge in [-0.1, -0.05) is 19.9 Å². The molecular formula is C15H22N2O5S. The Bertz CT molecular complexity index is 700. The molecule has 23 heavy (non-hydrogen) atoms. The lowest BCUT2D eigenvalue weighted by Crippen LogP contribution is -2.37. The van der Waals surface area contributed by atoms with Gasteiger partial charge in [-0.2, -0.15) is 4.31 Å². The summed E-state index contributed by atoms with van der Waals surface area (Å²) >= 11 is 0. The molecule has 1 atom stereocenters. The zero-order chi connectivity index (χ0) is 17.8. The maximum atomic E-state index is 12.8. The zero-order valence-electron chi connectivity index (χ0n) is 13.7. The number of benzene rings is 1. The molecule has 2 N–H and O–H groups in total. The summed E-state index contributed by atoms with van der Waals surface area (Å²) in [6, 6.07) is 4.61. The molecule has 0 spiro atoms. The van der Waals surface area contributed by atoms with Gasteiger partial charge in [0.05, 0.1) is 10.8 Å². The van der Waals surface area contributed by atoms with E-state index in [4.69, 9.17) is 5.11 Å². The van der Waals surface area contributed by atoms with E-state index in [2.05, 4.69) is 5.32 Å². The number of sulfonamides is 1. The van der Waals surface area contributed by atoms with E-state index in [9.17, 15) is 18.0 Å². The lowest BCUT2D eigenvalue weighted by Gasteiger charge is -2.23. The van der Waals surface area contributed by atoms with Crippen molar-refractivity contribution in [3.63, 3.8) is 0 Å². The number of nitrogens with one attached hydrogen (secondary N) is 1. The number of carboxylic acids is 1. The van der Waals surface area contributed by atoms with Crippen LogP contribution in [0.5, 0.6) is 0 Å². The molecule has 1 unspecified atom stereocenters. The number of nitrogens with zero attached hydrogens (tertiary/aromatic N) is 1. The fraction of sp³-hybridized carbons (Fsp3) is 0.467. The SMILES string of the molecule is CCN(CC(C)C(=O)O)S(=O)(=O)c1cc(NC(C)=O)ccc1C. The van der Waals surface area contributed by atoms with Crippen LogP contribution in [0.3, 0.4) is 0 Å². The lowest BCUT2D eigenvalue weighted by atomic mass is 10.2. The molecular weight excluding hydrogens is 320 g/mol. The minimum absolute atomic E-state index is 0.0585. The Labute approximate surface area is 136 Å². The number of carbonyl (C=O) groups excluding carboxylic acids is 1. The van der Waals surface area contributed by atoms with Crippen molar-refractivity contribution in [3.05, 3.63) is 23.8 Å². The molecule has 0 aromatic heterocycles. The van der Waals surface area contributed by atoms with Gasteiger partial charge in [-0.3, -0.25) is 9.59 Å². The highest BCUT2D eigenvalue weighted by atomic mass is 32.2. The van der Waals surface area contributed by atoms with Gasteiger partial charge >= 0.3 is 5.97 Å². The second-order valence-electron chi connectivity index (χ2n) is 5.36. The number of amides is 1. The Balaban J connectivity index is 3.24. The first kappa shape index (κ1) is 19.1. The first-order valence-corrected chi connectivity index (χ1v) is 8.64. The molecule has 0 heterocycles. The van der Waals surface area contributed by atoms with E-state index in [0.717, 1.165) is 4.31 Å². The van der Waals surface area contributed by atoms with Crippen LogP contribution in [-0.2, 0) is 19.6 Å². The van der Waals surface area contributed by atoms with E-state index in [-0.39, 0.29) is 23.9 Å². The number of carbonyl (C=O) groups is 2. The summed E-state index contributed by atoms with van der Waals surface area (Å²) in [6.45, 7) is 6.14. The van der Waals surface area contributed by atoms with Crippen LogP contribution in [0.1, 0.15) is 26.3 Å². The average Bonchev–Trinajstić information content (AvgIpc) is 2.45.